The number of benzene rings is 2. The number of H-pyrrole nitrogens is 1. The van der Waals surface area contributed by atoms with Gasteiger partial charge in [0.05, 0.1) is 27.1 Å². The van der Waals surface area contributed by atoms with E-state index >= 15 is 0 Å². The molecule has 0 radical (unpaired) electrons. The van der Waals surface area contributed by atoms with Crippen LogP contribution in [0.4, 0.5) is 22.7 Å². The fourth-order valence-electron chi connectivity index (χ4n) is 5.56. The molecule has 14 nitrogen and oxygen atoms in total. The second-order valence-electron chi connectivity index (χ2n) is 11.6. The molecule has 15 heteroatoms. The van der Waals surface area contributed by atoms with E-state index in [9.17, 15) is 28.6 Å². The van der Waals surface area contributed by atoms with Crippen molar-refractivity contribution in [3.8, 4) is 11.9 Å². The van der Waals surface area contributed by atoms with E-state index in [4.69, 9.17) is 9.47 Å². The van der Waals surface area contributed by atoms with E-state index in [2.05, 4.69) is 26.1 Å². The Hall–Kier alpha value is -5.20. The number of carbonyl (C=O) groups excluding carboxylic acids is 1. The summed E-state index contributed by atoms with van der Waals surface area (Å²) in [5, 5.41) is 25.7. The summed E-state index contributed by atoms with van der Waals surface area (Å²) in [7, 11) is -4.54. The molecular formula is C31H31N7O7S. The first kappa shape index (κ1) is 30.8. The number of nitro groups is 1. The largest absolute Gasteiger partial charge is 0.474 e. The Morgan fingerprint density at radius 1 is 1.20 bits per heavy atom. The number of para-hydroxylation sites is 1. The number of hydrogen-bond donors (Lipinski definition) is 3. The Bertz CT molecular complexity index is 1970. The molecule has 2 aliphatic heterocycles. The molecule has 46 heavy (non-hydrogen) atoms. The zero-order valence-corrected chi connectivity index (χ0v) is 25.7. The summed E-state index contributed by atoms with van der Waals surface area (Å²) in [4.78, 5) is 33.8. The molecule has 0 aliphatic carbocycles. The third-order valence-electron chi connectivity index (χ3n) is 8.14. The van der Waals surface area contributed by atoms with E-state index in [1.165, 1.54) is 18.2 Å². The van der Waals surface area contributed by atoms with Crippen molar-refractivity contribution in [2.24, 2.45) is 11.3 Å². The van der Waals surface area contributed by atoms with Crippen LogP contribution in [-0.4, -0.2) is 62.1 Å². The molecule has 0 bridgehead atoms. The van der Waals surface area contributed by atoms with E-state index in [0.717, 1.165) is 24.3 Å². The molecular weight excluding hydrogens is 614 g/mol. The minimum atomic E-state index is -4.54. The van der Waals surface area contributed by atoms with Crippen molar-refractivity contribution in [2.45, 2.75) is 24.7 Å². The maximum Gasteiger partial charge on any atom is 0.293 e. The quantitative estimate of drug-likeness (QED) is 0.181. The first-order valence-corrected chi connectivity index (χ1v) is 16.1. The summed E-state index contributed by atoms with van der Waals surface area (Å²) in [5.41, 5.74) is 0.132. The summed E-state index contributed by atoms with van der Waals surface area (Å²) in [5.74, 6) is -0.440. The second kappa shape index (κ2) is 12.3. The Morgan fingerprint density at radius 3 is 2.74 bits per heavy atom. The molecule has 1 atom stereocenters. The van der Waals surface area contributed by atoms with Gasteiger partial charge in [-0.2, -0.15) is 10.2 Å². The number of nitriles is 1. The second-order valence-corrected chi connectivity index (χ2v) is 13.3. The monoisotopic (exact) mass is 645 g/mol. The highest BCUT2D eigenvalue weighted by atomic mass is 32.2. The van der Waals surface area contributed by atoms with Crippen LogP contribution in [0.1, 0.15) is 30.1 Å². The predicted molar refractivity (Wildman–Crippen MR) is 169 cm³/mol. The van der Waals surface area contributed by atoms with Gasteiger partial charge in [0.1, 0.15) is 29.0 Å². The van der Waals surface area contributed by atoms with Gasteiger partial charge in [-0.1, -0.05) is 12.1 Å². The van der Waals surface area contributed by atoms with Gasteiger partial charge < -0.3 is 24.7 Å². The van der Waals surface area contributed by atoms with E-state index in [0.29, 0.717) is 36.8 Å². The number of amides is 1. The van der Waals surface area contributed by atoms with Gasteiger partial charge in [0.25, 0.3) is 21.6 Å². The Morgan fingerprint density at radius 2 is 1.98 bits per heavy atom. The van der Waals surface area contributed by atoms with Crippen molar-refractivity contribution >= 4 is 49.7 Å². The van der Waals surface area contributed by atoms with Crippen LogP contribution >= 0.6 is 0 Å². The molecule has 0 saturated carbocycles. The third kappa shape index (κ3) is 6.17. The number of fused-ring (bicyclic) bond motifs is 2. The average molecular weight is 646 g/mol. The number of ether oxygens (including phenoxy) is 2. The summed E-state index contributed by atoms with van der Waals surface area (Å²) in [6.07, 6.45) is 3.37. The number of rotatable bonds is 8. The van der Waals surface area contributed by atoms with Crippen molar-refractivity contribution in [1.82, 2.24) is 14.7 Å². The smallest absolute Gasteiger partial charge is 0.293 e. The molecule has 0 spiro atoms. The van der Waals surface area contributed by atoms with E-state index in [1.54, 1.807) is 36.2 Å². The zero-order valence-electron chi connectivity index (χ0n) is 24.9. The highest BCUT2D eigenvalue weighted by molar-refractivity contribution is 7.90. The van der Waals surface area contributed by atoms with E-state index in [-0.39, 0.29) is 36.2 Å². The molecule has 6 rings (SSSR count). The van der Waals surface area contributed by atoms with Crippen LogP contribution in [0.3, 0.4) is 0 Å². The highest BCUT2D eigenvalue weighted by Crippen LogP contribution is 2.41. The van der Waals surface area contributed by atoms with Gasteiger partial charge in [0.15, 0.2) is 0 Å². The van der Waals surface area contributed by atoms with Crippen molar-refractivity contribution in [1.29, 1.82) is 5.26 Å². The summed E-state index contributed by atoms with van der Waals surface area (Å²) < 4.78 is 40.3. The maximum absolute atomic E-state index is 13.7. The van der Waals surface area contributed by atoms with Crippen molar-refractivity contribution in [3.63, 3.8) is 0 Å². The topological polar surface area (TPSA) is 193 Å². The number of nitro benzene ring substituents is 1. The van der Waals surface area contributed by atoms with Crippen molar-refractivity contribution < 1.29 is 27.6 Å². The van der Waals surface area contributed by atoms with Gasteiger partial charge in [-0.05, 0) is 62.1 Å². The number of aromatic amines is 1. The zero-order chi connectivity index (χ0) is 32.5. The van der Waals surface area contributed by atoms with Gasteiger partial charge in [-0.15, -0.1) is 0 Å². The van der Waals surface area contributed by atoms with Crippen molar-refractivity contribution in [3.05, 3.63) is 76.5 Å². The van der Waals surface area contributed by atoms with Crippen LogP contribution in [-0.2, 0) is 14.8 Å². The standard InChI is InChI=1S/C31H31N7O7S/c1-31(17-32)18-37(27-14-21-8-11-33-28(21)35-30(27)45-19-31)25-5-3-2-4-23(25)29(39)36-46(42,43)22-6-7-24(26(15-22)38(40)41)34-16-20-9-12-44-13-10-20/h2-8,11,14-15,20,34H,9-10,12-13,16,18-19H2,1H3,(H,33,35)(H,36,39). The number of aromatic nitrogens is 2. The van der Waals surface area contributed by atoms with Crippen molar-refractivity contribution in [2.75, 3.05) is 43.1 Å². The first-order valence-electron chi connectivity index (χ1n) is 14.6. The molecule has 2 aliphatic rings. The Kier molecular flexibility index (Phi) is 8.24. The van der Waals surface area contributed by atoms with Crippen LogP contribution in [0.2, 0.25) is 0 Å². The molecule has 1 saturated heterocycles. The number of hydrogen-bond acceptors (Lipinski definition) is 11. The molecule has 1 unspecified atom stereocenters. The van der Waals surface area contributed by atoms with Gasteiger partial charge >= 0.3 is 0 Å². The lowest BCUT2D eigenvalue weighted by Crippen LogP contribution is -2.36. The third-order valence-corrected chi connectivity index (χ3v) is 9.47. The Balaban J connectivity index is 1.30. The van der Waals surface area contributed by atoms with Crippen LogP contribution in [0, 0.1) is 32.8 Å². The fraction of sp³-hybridized carbons (Fsp3) is 0.323. The lowest BCUT2D eigenvalue weighted by molar-refractivity contribution is -0.384. The molecule has 4 aromatic rings. The van der Waals surface area contributed by atoms with Gasteiger partial charge in [0.2, 0.25) is 5.88 Å². The number of pyridine rings is 1. The number of sulfonamides is 1. The SMILES string of the molecule is CC1(C#N)COc2nc3[nH]ccc3cc2N(c2ccccc2C(=O)NS(=O)(=O)c2ccc(NCC3CCOCC3)c([N+](=O)[O-])c2)C1. The molecule has 2 aromatic carbocycles. The normalized spacial score (nSPS) is 18.6. The molecule has 2 aromatic heterocycles. The molecule has 3 N–H and O–H groups in total. The lowest BCUT2D eigenvalue weighted by atomic mass is 9.92. The van der Waals surface area contributed by atoms with Gasteiger partial charge in [-0.25, -0.2) is 13.1 Å². The first-order chi connectivity index (χ1) is 22.1. The maximum atomic E-state index is 13.7. The van der Waals surface area contributed by atoms with E-state index in [1.807, 2.05) is 12.1 Å². The van der Waals surface area contributed by atoms with Gasteiger partial charge in [-0.3, -0.25) is 14.9 Å². The number of nitrogens with one attached hydrogen (secondary N) is 3. The molecule has 238 valence electrons. The van der Waals surface area contributed by atoms with E-state index < -0.39 is 36.9 Å². The molecule has 1 amide bonds. The minimum Gasteiger partial charge on any atom is -0.474 e. The summed E-state index contributed by atoms with van der Waals surface area (Å²) in [6.45, 7) is 3.59. The van der Waals surface area contributed by atoms with Crippen LogP contribution < -0.4 is 19.7 Å². The van der Waals surface area contributed by atoms with Crippen LogP contribution in [0.25, 0.3) is 11.0 Å². The molecule has 1 fully saturated rings. The fourth-order valence-corrected chi connectivity index (χ4v) is 6.55. The Labute approximate surface area is 264 Å². The number of carbonyl (C=O) groups is 1. The average Bonchev–Trinajstić information content (AvgIpc) is 3.47. The van der Waals surface area contributed by atoms with Gasteiger partial charge in [0, 0.05) is 44.0 Å². The predicted octanol–water partition coefficient (Wildman–Crippen LogP) is 4.49. The summed E-state index contributed by atoms with van der Waals surface area (Å²) >= 11 is 0. The van der Waals surface area contributed by atoms with Crippen LogP contribution in [0.15, 0.2) is 65.7 Å². The highest BCUT2D eigenvalue weighted by Gasteiger charge is 2.36. The molecule has 4 heterocycles. The lowest BCUT2D eigenvalue weighted by Gasteiger charge is -2.29. The number of anilines is 3. The van der Waals surface area contributed by atoms with Crippen LogP contribution in [0.5, 0.6) is 5.88 Å². The number of nitrogens with zero attached hydrogens (tertiary/aromatic N) is 4. The minimum absolute atomic E-state index is 0.00220. The summed E-state index contributed by atoms with van der Waals surface area (Å²) in [6, 6.07) is 15.8.